The maximum Gasteiger partial charge on any atom is 0.261 e. The number of hydrogen-bond acceptors (Lipinski definition) is 5. The minimum Gasteiger partial charge on any atom is -0.493 e. The first kappa shape index (κ1) is 23.7. The van der Waals surface area contributed by atoms with Crippen molar-refractivity contribution in [3.05, 3.63) is 106 Å². The number of methoxy groups -OCH3 is 2. The summed E-state index contributed by atoms with van der Waals surface area (Å²) in [5.41, 5.74) is 4.97. The summed E-state index contributed by atoms with van der Waals surface area (Å²) in [6.45, 7) is 2.01. The van der Waals surface area contributed by atoms with Gasteiger partial charge in [-0.25, -0.2) is 4.68 Å². The summed E-state index contributed by atoms with van der Waals surface area (Å²) in [4.78, 5) is 13.3. The number of nitrogens with zero attached hydrogens (tertiary/aromatic N) is 2. The maximum atomic E-state index is 13.3. The van der Waals surface area contributed by atoms with E-state index >= 15 is 0 Å². The van der Waals surface area contributed by atoms with E-state index in [9.17, 15) is 4.79 Å². The number of carbonyl (C=O) groups is 1. The van der Waals surface area contributed by atoms with E-state index in [2.05, 4.69) is 37.7 Å². The lowest BCUT2D eigenvalue weighted by atomic mass is 9.99. The van der Waals surface area contributed by atoms with Crippen LogP contribution in [0.25, 0.3) is 5.70 Å². The van der Waals surface area contributed by atoms with Crippen molar-refractivity contribution in [2.45, 2.75) is 13.0 Å². The van der Waals surface area contributed by atoms with Crippen LogP contribution in [0.5, 0.6) is 11.5 Å². The van der Waals surface area contributed by atoms with Crippen molar-refractivity contribution in [2.75, 3.05) is 24.9 Å². The van der Waals surface area contributed by atoms with E-state index < -0.39 is 0 Å². The zero-order valence-corrected chi connectivity index (χ0v) is 21.7. The van der Waals surface area contributed by atoms with Gasteiger partial charge in [0.2, 0.25) is 0 Å². The normalized spacial score (nSPS) is 14.3. The Bertz CT molecular complexity index is 1440. The Labute approximate surface area is 217 Å². The van der Waals surface area contributed by atoms with Crippen molar-refractivity contribution in [3.8, 4) is 11.5 Å². The monoisotopic (exact) mass is 544 g/mol. The number of para-hydroxylation sites is 1. The number of ether oxygens (including phenoxy) is 2. The topological polar surface area (TPSA) is 77.4 Å². The van der Waals surface area contributed by atoms with Crippen LogP contribution >= 0.6 is 15.9 Å². The van der Waals surface area contributed by atoms with Crippen LogP contribution < -0.4 is 20.1 Å². The minimum absolute atomic E-state index is 0.249. The lowest BCUT2D eigenvalue weighted by molar-refractivity contribution is 0.102. The van der Waals surface area contributed by atoms with Crippen molar-refractivity contribution >= 4 is 39.0 Å². The number of aryl methyl sites for hydroxylation is 1. The van der Waals surface area contributed by atoms with Crippen molar-refractivity contribution in [3.63, 3.8) is 0 Å². The minimum atomic E-state index is -0.342. The smallest absolute Gasteiger partial charge is 0.261 e. The molecule has 0 spiro atoms. The Balaban J connectivity index is 1.60. The SMILES string of the molecule is COc1cccc([C@H]2C=C(c3ccc(Br)cc3)Nc3c(C(=O)Nc4ccc(C)cc4)cnn32)c1OC. The zero-order valence-electron chi connectivity index (χ0n) is 20.1. The molecular formula is C28H25BrN4O3. The molecule has 36 heavy (non-hydrogen) atoms. The molecule has 4 aromatic rings. The number of amides is 1. The van der Waals surface area contributed by atoms with E-state index in [0.29, 0.717) is 22.9 Å². The van der Waals surface area contributed by atoms with Gasteiger partial charge >= 0.3 is 0 Å². The number of fused-ring (bicyclic) bond motifs is 1. The molecule has 7 nitrogen and oxygen atoms in total. The van der Waals surface area contributed by atoms with E-state index in [0.717, 1.165) is 32.5 Å². The van der Waals surface area contributed by atoms with Gasteiger partial charge in [0, 0.05) is 21.4 Å². The lowest BCUT2D eigenvalue weighted by Gasteiger charge is -2.27. The highest BCUT2D eigenvalue weighted by molar-refractivity contribution is 9.10. The fourth-order valence-electron chi connectivity index (χ4n) is 4.26. The molecule has 1 aliphatic rings. The molecule has 182 valence electrons. The highest BCUT2D eigenvalue weighted by Crippen LogP contribution is 2.42. The number of anilines is 2. The van der Waals surface area contributed by atoms with Crippen LogP contribution in [0.3, 0.4) is 0 Å². The average Bonchev–Trinajstić information content (AvgIpc) is 3.33. The summed E-state index contributed by atoms with van der Waals surface area (Å²) >= 11 is 3.50. The molecule has 0 saturated heterocycles. The Morgan fingerprint density at radius 2 is 1.78 bits per heavy atom. The number of hydrogen-bond donors (Lipinski definition) is 2. The molecule has 5 rings (SSSR count). The molecule has 0 aliphatic carbocycles. The molecule has 0 saturated carbocycles. The fourth-order valence-corrected chi connectivity index (χ4v) is 4.53. The Morgan fingerprint density at radius 3 is 2.47 bits per heavy atom. The molecule has 1 aromatic heterocycles. The molecule has 0 radical (unpaired) electrons. The van der Waals surface area contributed by atoms with Gasteiger partial charge in [-0.2, -0.15) is 5.10 Å². The Morgan fingerprint density at radius 1 is 1.03 bits per heavy atom. The molecule has 0 unspecified atom stereocenters. The third-order valence-electron chi connectivity index (χ3n) is 6.10. The van der Waals surface area contributed by atoms with E-state index in [-0.39, 0.29) is 11.9 Å². The maximum absolute atomic E-state index is 13.3. The molecular weight excluding hydrogens is 520 g/mol. The first-order valence-corrected chi connectivity index (χ1v) is 12.2. The van der Waals surface area contributed by atoms with Gasteiger partial charge in [-0.1, -0.05) is 57.9 Å². The highest BCUT2D eigenvalue weighted by Gasteiger charge is 2.30. The van der Waals surface area contributed by atoms with Crippen LogP contribution in [0.1, 0.15) is 33.1 Å². The van der Waals surface area contributed by atoms with Gasteiger partial charge in [-0.15, -0.1) is 0 Å². The zero-order chi connectivity index (χ0) is 25.2. The molecule has 0 fully saturated rings. The van der Waals surface area contributed by atoms with Crippen LogP contribution in [0.2, 0.25) is 0 Å². The molecule has 1 atom stereocenters. The van der Waals surface area contributed by atoms with Gasteiger partial charge in [-0.05, 0) is 48.9 Å². The summed E-state index contributed by atoms with van der Waals surface area (Å²) in [7, 11) is 3.23. The van der Waals surface area contributed by atoms with Crippen molar-refractivity contribution in [1.82, 2.24) is 9.78 Å². The number of halogens is 1. The summed E-state index contributed by atoms with van der Waals surface area (Å²) < 4.78 is 14.1. The predicted molar refractivity (Wildman–Crippen MR) is 145 cm³/mol. The third-order valence-corrected chi connectivity index (χ3v) is 6.63. The summed E-state index contributed by atoms with van der Waals surface area (Å²) in [5.74, 6) is 1.58. The highest BCUT2D eigenvalue weighted by atomic mass is 79.9. The summed E-state index contributed by atoms with van der Waals surface area (Å²) in [6.07, 6.45) is 3.66. The van der Waals surface area contributed by atoms with Gasteiger partial charge in [0.15, 0.2) is 11.5 Å². The van der Waals surface area contributed by atoms with E-state index in [4.69, 9.17) is 9.47 Å². The van der Waals surface area contributed by atoms with Crippen LogP contribution in [-0.4, -0.2) is 29.9 Å². The van der Waals surface area contributed by atoms with E-state index in [1.54, 1.807) is 25.1 Å². The number of benzene rings is 3. The van der Waals surface area contributed by atoms with Crippen LogP contribution in [-0.2, 0) is 0 Å². The first-order chi connectivity index (χ1) is 17.5. The molecule has 1 amide bonds. The second-order valence-electron chi connectivity index (χ2n) is 8.41. The Hall–Kier alpha value is -4.04. The third kappa shape index (κ3) is 4.47. The molecule has 8 heteroatoms. The molecule has 0 bridgehead atoms. The fraction of sp³-hybridized carbons (Fsp3) is 0.143. The van der Waals surface area contributed by atoms with Crippen molar-refractivity contribution < 1.29 is 14.3 Å². The standard InChI is InChI=1S/C28H25BrN4O3/c1-17-7-13-20(14-8-17)31-28(34)22-16-30-33-24(21-5-4-6-25(35-2)26(21)36-3)15-23(32-27(22)33)18-9-11-19(29)12-10-18/h4-16,24,32H,1-3H3,(H,31,34)/t24-/m1/s1. The number of nitrogens with one attached hydrogen (secondary N) is 2. The first-order valence-electron chi connectivity index (χ1n) is 11.4. The molecule has 2 N–H and O–H groups in total. The van der Waals surface area contributed by atoms with Crippen LogP contribution in [0.4, 0.5) is 11.5 Å². The average molecular weight is 545 g/mol. The van der Waals surface area contributed by atoms with Crippen LogP contribution in [0, 0.1) is 6.92 Å². The van der Waals surface area contributed by atoms with Gasteiger partial charge in [0.1, 0.15) is 17.4 Å². The largest absolute Gasteiger partial charge is 0.493 e. The van der Waals surface area contributed by atoms with Gasteiger partial charge in [-0.3, -0.25) is 4.79 Å². The van der Waals surface area contributed by atoms with E-state index in [1.165, 1.54) is 0 Å². The van der Waals surface area contributed by atoms with Crippen molar-refractivity contribution in [2.24, 2.45) is 0 Å². The second kappa shape index (κ2) is 9.91. The van der Waals surface area contributed by atoms with Crippen molar-refractivity contribution in [1.29, 1.82) is 0 Å². The number of allylic oxidation sites excluding steroid dienone is 1. The summed E-state index contributed by atoms with van der Waals surface area (Å²) in [5, 5.41) is 11.0. The quantitative estimate of drug-likeness (QED) is 0.298. The number of carbonyl (C=O) groups excluding carboxylic acids is 1. The predicted octanol–water partition coefficient (Wildman–Crippen LogP) is 6.28. The molecule has 3 aromatic carbocycles. The van der Waals surface area contributed by atoms with Crippen LogP contribution in [0.15, 0.2) is 83.5 Å². The second-order valence-corrected chi connectivity index (χ2v) is 9.33. The Kier molecular flexibility index (Phi) is 6.52. The molecule has 2 heterocycles. The number of rotatable bonds is 6. The molecule has 1 aliphatic heterocycles. The number of aromatic nitrogens is 2. The van der Waals surface area contributed by atoms with Gasteiger partial charge in [0.25, 0.3) is 5.91 Å². The lowest BCUT2D eigenvalue weighted by Crippen LogP contribution is -2.22. The van der Waals surface area contributed by atoms with E-state index in [1.807, 2.05) is 73.7 Å². The summed E-state index contributed by atoms with van der Waals surface area (Å²) in [6, 6.07) is 21.1. The van der Waals surface area contributed by atoms with Gasteiger partial charge < -0.3 is 20.1 Å². The van der Waals surface area contributed by atoms with Gasteiger partial charge in [0.05, 0.1) is 20.4 Å².